The van der Waals surface area contributed by atoms with Crippen molar-refractivity contribution in [3.8, 4) is 0 Å². The van der Waals surface area contributed by atoms with Crippen molar-refractivity contribution in [1.82, 2.24) is 4.90 Å². The van der Waals surface area contributed by atoms with Crippen molar-refractivity contribution in [2.75, 3.05) is 13.1 Å². The second kappa shape index (κ2) is 9.11. The fraction of sp³-hybridized carbons (Fsp3) is 0.846. The molecule has 0 heterocycles. The van der Waals surface area contributed by atoms with Gasteiger partial charge in [0, 0.05) is 18.8 Å². The van der Waals surface area contributed by atoms with E-state index in [1.165, 1.54) is 38.6 Å². The zero-order valence-corrected chi connectivity index (χ0v) is 10.5. The molecule has 0 atom stereocenters. The predicted molar refractivity (Wildman–Crippen MR) is 65.4 cm³/mol. The molecular weight excluding hydrogens is 170 g/mol. The molecule has 14 heavy (non-hydrogen) atoms. The number of hydrogen-bond acceptors (Lipinski definition) is 1. The van der Waals surface area contributed by atoms with Crippen LogP contribution >= 0.6 is 0 Å². The summed E-state index contributed by atoms with van der Waals surface area (Å²) in [4.78, 5) is 2.53. The fourth-order valence-electron chi connectivity index (χ4n) is 1.73. The number of nitrogens with zero attached hydrogens (tertiary/aromatic N) is 1. The average molecular weight is 197 g/mol. The van der Waals surface area contributed by atoms with Crippen molar-refractivity contribution < 1.29 is 0 Å². The Morgan fingerprint density at radius 1 is 1.00 bits per heavy atom. The molecule has 0 amide bonds. The predicted octanol–water partition coefficient (Wildman–Crippen LogP) is 4.20. The molecule has 0 fully saturated rings. The second-order valence-electron chi connectivity index (χ2n) is 3.81. The third kappa shape index (κ3) is 5.31. The third-order valence-electron chi connectivity index (χ3n) is 2.46. The highest BCUT2D eigenvalue weighted by Gasteiger charge is 2.04. The summed E-state index contributed by atoms with van der Waals surface area (Å²) >= 11 is 0. The summed E-state index contributed by atoms with van der Waals surface area (Å²) in [6.45, 7) is 11.4. The Labute approximate surface area is 90.2 Å². The second-order valence-corrected chi connectivity index (χ2v) is 3.81. The van der Waals surface area contributed by atoms with Gasteiger partial charge < -0.3 is 4.90 Å². The van der Waals surface area contributed by atoms with E-state index < -0.39 is 0 Å². The summed E-state index contributed by atoms with van der Waals surface area (Å²) in [7, 11) is 0. The minimum absolute atomic E-state index is 1.16. The molecule has 0 rings (SSSR count). The quantitative estimate of drug-likeness (QED) is 0.563. The van der Waals surface area contributed by atoms with Gasteiger partial charge in [0.2, 0.25) is 0 Å². The van der Waals surface area contributed by atoms with E-state index in [0.717, 1.165) is 6.54 Å². The van der Waals surface area contributed by atoms with Crippen molar-refractivity contribution in [3.05, 3.63) is 11.8 Å². The standard InChI is InChI=1S/C13H27N/c1-5-9-11-13(10-6-2)14(8-4)12-7-3/h11H,5-10,12H2,1-4H3. The first kappa shape index (κ1) is 13.5. The van der Waals surface area contributed by atoms with Crippen LogP contribution in [0.25, 0.3) is 0 Å². The first-order valence-electron chi connectivity index (χ1n) is 6.23. The van der Waals surface area contributed by atoms with Gasteiger partial charge in [-0.15, -0.1) is 0 Å². The largest absolute Gasteiger partial charge is 0.375 e. The lowest BCUT2D eigenvalue weighted by atomic mass is 10.1. The van der Waals surface area contributed by atoms with Crippen molar-refractivity contribution in [2.24, 2.45) is 0 Å². The zero-order valence-electron chi connectivity index (χ0n) is 10.5. The summed E-state index contributed by atoms with van der Waals surface area (Å²) in [6.07, 6.45) is 8.68. The molecule has 0 bridgehead atoms. The monoisotopic (exact) mass is 197 g/mol. The van der Waals surface area contributed by atoms with Gasteiger partial charge in [-0.1, -0.05) is 39.7 Å². The molecule has 1 nitrogen and oxygen atoms in total. The summed E-state index contributed by atoms with van der Waals surface area (Å²) in [5.74, 6) is 0. The summed E-state index contributed by atoms with van der Waals surface area (Å²) in [5, 5.41) is 0. The van der Waals surface area contributed by atoms with Crippen molar-refractivity contribution in [3.63, 3.8) is 0 Å². The number of rotatable bonds is 8. The van der Waals surface area contributed by atoms with E-state index in [0.29, 0.717) is 0 Å². The molecule has 0 N–H and O–H groups in total. The molecule has 0 aliphatic rings. The van der Waals surface area contributed by atoms with E-state index >= 15 is 0 Å². The van der Waals surface area contributed by atoms with Crippen LogP contribution in [0.2, 0.25) is 0 Å². The minimum atomic E-state index is 1.16. The smallest absolute Gasteiger partial charge is 0.0172 e. The van der Waals surface area contributed by atoms with Crippen LogP contribution < -0.4 is 0 Å². The van der Waals surface area contributed by atoms with Crippen LogP contribution in [-0.4, -0.2) is 18.0 Å². The highest BCUT2D eigenvalue weighted by molar-refractivity contribution is 5.00. The van der Waals surface area contributed by atoms with Gasteiger partial charge in [0.05, 0.1) is 0 Å². The number of unbranched alkanes of at least 4 members (excludes halogenated alkanes) is 1. The summed E-state index contributed by atoms with van der Waals surface area (Å²) < 4.78 is 0. The third-order valence-corrected chi connectivity index (χ3v) is 2.46. The number of hydrogen-bond donors (Lipinski definition) is 0. The van der Waals surface area contributed by atoms with Gasteiger partial charge in [0.1, 0.15) is 0 Å². The lowest BCUT2D eigenvalue weighted by Gasteiger charge is -2.25. The van der Waals surface area contributed by atoms with E-state index in [9.17, 15) is 0 Å². The van der Waals surface area contributed by atoms with Crippen molar-refractivity contribution >= 4 is 0 Å². The van der Waals surface area contributed by atoms with Gasteiger partial charge in [-0.2, -0.15) is 0 Å². The molecule has 0 saturated heterocycles. The highest BCUT2D eigenvalue weighted by Crippen LogP contribution is 2.13. The maximum atomic E-state index is 2.53. The van der Waals surface area contributed by atoms with Gasteiger partial charge >= 0.3 is 0 Å². The van der Waals surface area contributed by atoms with Crippen LogP contribution in [0.4, 0.5) is 0 Å². The summed E-state index contributed by atoms with van der Waals surface area (Å²) in [5.41, 5.74) is 1.57. The van der Waals surface area contributed by atoms with Crippen LogP contribution in [0, 0.1) is 0 Å². The van der Waals surface area contributed by atoms with E-state index in [-0.39, 0.29) is 0 Å². The minimum Gasteiger partial charge on any atom is -0.375 e. The first-order chi connectivity index (χ1) is 6.79. The maximum absolute atomic E-state index is 2.53. The van der Waals surface area contributed by atoms with Crippen LogP contribution in [0.5, 0.6) is 0 Å². The molecule has 0 aliphatic carbocycles. The molecule has 0 spiro atoms. The molecule has 0 aromatic carbocycles. The number of allylic oxidation sites excluding steroid dienone is 2. The Kier molecular flexibility index (Phi) is 8.81. The Morgan fingerprint density at radius 2 is 1.71 bits per heavy atom. The topological polar surface area (TPSA) is 3.24 Å². The average Bonchev–Trinajstić information content (AvgIpc) is 2.21. The highest BCUT2D eigenvalue weighted by atomic mass is 15.1. The van der Waals surface area contributed by atoms with E-state index in [1.807, 2.05) is 0 Å². The van der Waals surface area contributed by atoms with Crippen molar-refractivity contribution in [1.29, 1.82) is 0 Å². The molecule has 0 radical (unpaired) electrons. The van der Waals surface area contributed by atoms with Gasteiger partial charge in [-0.05, 0) is 26.2 Å². The van der Waals surface area contributed by atoms with Gasteiger partial charge in [0.15, 0.2) is 0 Å². The van der Waals surface area contributed by atoms with Crippen LogP contribution in [0.1, 0.15) is 59.8 Å². The van der Waals surface area contributed by atoms with Gasteiger partial charge in [-0.25, -0.2) is 0 Å². The van der Waals surface area contributed by atoms with E-state index in [1.54, 1.807) is 5.70 Å². The van der Waals surface area contributed by atoms with Gasteiger partial charge in [-0.3, -0.25) is 0 Å². The lowest BCUT2D eigenvalue weighted by Crippen LogP contribution is -2.23. The Balaban J connectivity index is 4.26. The molecule has 1 heteroatoms. The van der Waals surface area contributed by atoms with Crippen LogP contribution in [0.15, 0.2) is 11.8 Å². The van der Waals surface area contributed by atoms with Gasteiger partial charge in [0.25, 0.3) is 0 Å². The fourth-order valence-corrected chi connectivity index (χ4v) is 1.73. The lowest BCUT2D eigenvalue weighted by molar-refractivity contribution is 0.346. The first-order valence-corrected chi connectivity index (χ1v) is 6.23. The van der Waals surface area contributed by atoms with E-state index in [2.05, 4.69) is 38.7 Å². The molecular formula is C13H27N. The molecule has 0 aliphatic heterocycles. The normalized spacial score (nSPS) is 11.9. The summed E-state index contributed by atoms with van der Waals surface area (Å²) in [6, 6.07) is 0. The van der Waals surface area contributed by atoms with E-state index in [4.69, 9.17) is 0 Å². The molecule has 84 valence electrons. The van der Waals surface area contributed by atoms with Crippen LogP contribution in [-0.2, 0) is 0 Å². The van der Waals surface area contributed by atoms with Crippen molar-refractivity contribution in [2.45, 2.75) is 59.8 Å². The Morgan fingerprint density at radius 3 is 2.14 bits per heavy atom. The van der Waals surface area contributed by atoms with Crippen LogP contribution in [0.3, 0.4) is 0 Å². The maximum Gasteiger partial charge on any atom is 0.0172 e. The molecule has 0 aromatic heterocycles. The molecule has 0 saturated carbocycles. The molecule has 0 aromatic rings. The molecule has 0 unspecified atom stereocenters. The Hall–Kier alpha value is -0.460. The Bertz CT molecular complexity index is 149. The zero-order chi connectivity index (χ0) is 10.8. The SMILES string of the molecule is CCCC=C(CCC)N(CC)CCC.